The first kappa shape index (κ1) is 16.4. The van der Waals surface area contributed by atoms with E-state index in [9.17, 15) is 4.79 Å². The van der Waals surface area contributed by atoms with Crippen LogP contribution in [0.1, 0.15) is 50.5 Å². The molecule has 2 amide bonds. The lowest BCUT2D eigenvalue weighted by atomic mass is 9.93. The number of anilines is 1. The number of hydrogen-bond donors (Lipinski definition) is 3. The average Bonchev–Trinajstić information content (AvgIpc) is 3.22. The predicted octanol–water partition coefficient (Wildman–Crippen LogP) is 2.87. The van der Waals surface area contributed by atoms with Crippen LogP contribution in [0, 0.1) is 0 Å². The maximum absolute atomic E-state index is 12.5. The van der Waals surface area contributed by atoms with Crippen molar-refractivity contribution in [3.63, 3.8) is 0 Å². The molecule has 2 saturated heterocycles. The summed E-state index contributed by atoms with van der Waals surface area (Å²) in [5.41, 5.74) is 2.84. The number of piperidine rings is 1. The van der Waals surface area contributed by atoms with Crippen LogP contribution in [0.3, 0.4) is 0 Å². The summed E-state index contributed by atoms with van der Waals surface area (Å²) in [6.45, 7) is 0. The van der Waals surface area contributed by atoms with Crippen molar-refractivity contribution in [2.24, 2.45) is 0 Å². The molecule has 4 atom stereocenters. The van der Waals surface area contributed by atoms with Gasteiger partial charge in [-0.15, -0.1) is 0 Å². The molecule has 3 fully saturated rings. The van der Waals surface area contributed by atoms with E-state index < -0.39 is 0 Å². The topological polar surface area (TPSA) is 56.4 Å². The van der Waals surface area contributed by atoms with Gasteiger partial charge >= 0.3 is 6.03 Å². The first-order valence-corrected chi connectivity index (χ1v) is 10.3. The monoisotopic (exact) mass is 354 g/mol. The van der Waals surface area contributed by atoms with Crippen molar-refractivity contribution in [1.82, 2.24) is 15.5 Å². The second-order valence-electron chi connectivity index (χ2n) is 9.02. The Morgan fingerprint density at radius 1 is 1.12 bits per heavy atom. The molecule has 2 bridgehead atoms. The van der Waals surface area contributed by atoms with Crippen molar-refractivity contribution in [1.29, 1.82) is 0 Å². The number of nitrogens with zero attached hydrogens (tertiary/aromatic N) is 1. The van der Waals surface area contributed by atoms with E-state index in [0.29, 0.717) is 18.1 Å². The number of amides is 2. The van der Waals surface area contributed by atoms with Gasteiger partial charge in [-0.3, -0.25) is 0 Å². The first-order valence-electron chi connectivity index (χ1n) is 10.3. The van der Waals surface area contributed by atoms with Gasteiger partial charge in [-0.25, -0.2) is 4.79 Å². The van der Waals surface area contributed by atoms with E-state index in [4.69, 9.17) is 0 Å². The van der Waals surface area contributed by atoms with Crippen LogP contribution >= 0.6 is 0 Å². The van der Waals surface area contributed by atoms with Gasteiger partial charge in [0.1, 0.15) is 0 Å². The standard InChI is InChI=1S/C21H30N4O/c1-25-17-6-7-18(25)11-16(10-17)23-20(26)22-15-8-9-21(13-15)12-14-4-2-3-5-19(14)24-21/h2-5,15-18,24H,6-13H2,1H3,(H2,22,23,26). The molecule has 5 nitrogen and oxygen atoms in total. The molecule has 1 aromatic rings. The number of hydrogen-bond acceptors (Lipinski definition) is 3. The second-order valence-corrected chi connectivity index (χ2v) is 9.02. The number of carbonyl (C=O) groups is 1. The van der Waals surface area contributed by atoms with Gasteiger partial charge in [0.2, 0.25) is 0 Å². The zero-order chi connectivity index (χ0) is 17.7. The number of urea groups is 1. The molecular weight excluding hydrogens is 324 g/mol. The highest BCUT2D eigenvalue weighted by Gasteiger charge is 2.44. The zero-order valence-corrected chi connectivity index (χ0v) is 15.6. The minimum atomic E-state index is 0.0384. The Balaban J connectivity index is 1.14. The SMILES string of the molecule is CN1C2CCC1CC(NC(=O)NC1CCC3(Cc4ccccc4N3)C1)C2. The fraction of sp³-hybridized carbons (Fsp3) is 0.667. The first-order chi connectivity index (χ1) is 12.6. The third-order valence-corrected chi connectivity index (χ3v) is 7.32. The quantitative estimate of drug-likeness (QED) is 0.765. The summed E-state index contributed by atoms with van der Waals surface area (Å²) in [5.74, 6) is 0. The van der Waals surface area contributed by atoms with Gasteiger partial charge in [0, 0.05) is 35.4 Å². The highest BCUT2D eigenvalue weighted by molar-refractivity contribution is 5.74. The normalized spacial score (nSPS) is 38.2. The van der Waals surface area contributed by atoms with Gasteiger partial charge < -0.3 is 20.9 Å². The van der Waals surface area contributed by atoms with E-state index in [1.165, 1.54) is 24.1 Å². The van der Waals surface area contributed by atoms with E-state index in [2.05, 4.69) is 52.2 Å². The summed E-state index contributed by atoms with van der Waals surface area (Å²) in [7, 11) is 2.24. The summed E-state index contributed by atoms with van der Waals surface area (Å²) in [5, 5.41) is 10.3. The van der Waals surface area contributed by atoms with Gasteiger partial charge in [-0.2, -0.15) is 0 Å². The lowest BCUT2D eigenvalue weighted by Crippen LogP contribution is -2.52. The molecule has 3 N–H and O–H groups in total. The molecule has 5 rings (SSSR count). The van der Waals surface area contributed by atoms with Crippen molar-refractivity contribution in [2.75, 3.05) is 12.4 Å². The summed E-state index contributed by atoms with van der Waals surface area (Å²) in [6.07, 6.45) is 9.08. The Morgan fingerprint density at radius 3 is 2.62 bits per heavy atom. The highest BCUT2D eigenvalue weighted by atomic mass is 16.2. The van der Waals surface area contributed by atoms with Gasteiger partial charge in [0.05, 0.1) is 0 Å². The Morgan fingerprint density at radius 2 is 1.85 bits per heavy atom. The second kappa shape index (κ2) is 6.15. The van der Waals surface area contributed by atoms with Crippen molar-refractivity contribution in [2.45, 2.75) is 81.1 Å². The number of rotatable bonds is 2. The van der Waals surface area contributed by atoms with Crippen LogP contribution in [-0.4, -0.2) is 47.7 Å². The molecule has 1 aliphatic carbocycles. The maximum Gasteiger partial charge on any atom is 0.315 e. The van der Waals surface area contributed by atoms with Crippen LogP contribution in [0.25, 0.3) is 0 Å². The molecule has 0 aromatic heterocycles. The molecule has 1 spiro atoms. The number of fused-ring (bicyclic) bond motifs is 3. The minimum absolute atomic E-state index is 0.0384. The van der Waals surface area contributed by atoms with Crippen molar-refractivity contribution in [3.05, 3.63) is 29.8 Å². The lowest BCUT2D eigenvalue weighted by Gasteiger charge is -2.36. The average molecular weight is 354 g/mol. The molecule has 5 heteroatoms. The van der Waals surface area contributed by atoms with Crippen LogP contribution < -0.4 is 16.0 Å². The Hall–Kier alpha value is -1.75. The molecule has 4 unspecified atom stereocenters. The summed E-state index contributed by atoms with van der Waals surface area (Å²) < 4.78 is 0. The Bertz CT molecular complexity index is 666. The van der Waals surface area contributed by atoms with E-state index in [-0.39, 0.29) is 17.6 Å². The Kier molecular flexibility index (Phi) is 3.89. The molecule has 3 aliphatic heterocycles. The number of para-hydroxylation sites is 1. The van der Waals surface area contributed by atoms with E-state index in [1.807, 2.05) is 0 Å². The third kappa shape index (κ3) is 2.86. The van der Waals surface area contributed by atoms with E-state index in [1.54, 1.807) is 0 Å². The van der Waals surface area contributed by atoms with Crippen LogP contribution in [0.4, 0.5) is 10.5 Å². The van der Waals surface area contributed by atoms with E-state index >= 15 is 0 Å². The lowest BCUT2D eigenvalue weighted by molar-refractivity contribution is 0.149. The fourth-order valence-electron chi connectivity index (χ4n) is 5.96. The van der Waals surface area contributed by atoms with Crippen molar-refractivity contribution < 1.29 is 4.79 Å². The molecule has 140 valence electrons. The van der Waals surface area contributed by atoms with Crippen molar-refractivity contribution >= 4 is 11.7 Å². The fourth-order valence-corrected chi connectivity index (χ4v) is 5.96. The van der Waals surface area contributed by atoms with Crippen LogP contribution in [0.5, 0.6) is 0 Å². The summed E-state index contributed by atoms with van der Waals surface area (Å²) >= 11 is 0. The van der Waals surface area contributed by atoms with Gasteiger partial charge in [0.15, 0.2) is 0 Å². The van der Waals surface area contributed by atoms with Crippen LogP contribution in [0.2, 0.25) is 0 Å². The maximum atomic E-state index is 12.5. The molecule has 1 aromatic carbocycles. The largest absolute Gasteiger partial charge is 0.379 e. The smallest absolute Gasteiger partial charge is 0.315 e. The Labute approximate surface area is 155 Å². The number of carbonyl (C=O) groups excluding carboxylic acids is 1. The predicted molar refractivity (Wildman–Crippen MR) is 103 cm³/mol. The van der Waals surface area contributed by atoms with E-state index in [0.717, 1.165) is 38.5 Å². The number of benzene rings is 1. The molecule has 4 aliphatic rings. The van der Waals surface area contributed by atoms with Crippen molar-refractivity contribution in [3.8, 4) is 0 Å². The molecule has 1 saturated carbocycles. The minimum Gasteiger partial charge on any atom is -0.379 e. The number of nitrogens with one attached hydrogen (secondary N) is 3. The van der Waals surface area contributed by atoms with Gasteiger partial charge in [-0.05, 0) is 70.0 Å². The van der Waals surface area contributed by atoms with Gasteiger partial charge in [-0.1, -0.05) is 18.2 Å². The van der Waals surface area contributed by atoms with Crippen LogP contribution in [0.15, 0.2) is 24.3 Å². The third-order valence-electron chi connectivity index (χ3n) is 7.32. The molecule has 0 radical (unpaired) electrons. The van der Waals surface area contributed by atoms with Gasteiger partial charge in [0.25, 0.3) is 0 Å². The molecule has 3 heterocycles. The molecular formula is C21H30N4O. The molecule has 26 heavy (non-hydrogen) atoms. The summed E-state index contributed by atoms with van der Waals surface area (Å²) in [4.78, 5) is 15.1. The highest BCUT2D eigenvalue weighted by Crippen LogP contribution is 2.42. The zero-order valence-electron chi connectivity index (χ0n) is 15.6. The summed E-state index contributed by atoms with van der Waals surface area (Å²) in [6, 6.07) is 10.6. The van der Waals surface area contributed by atoms with Crippen LogP contribution in [-0.2, 0) is 6.42 Å².